The van der Waals surface area contributed by atoms with E-state index in [1.54, 1.807) is 6.20 Å². The summed E-state index contributed by atoms with van der Waals surface area (Å²) < 4.78 is 0. The summed E-state index contributed by atoms with van der Waals surface area (Å²) in [4.78, 5) is 0. The molecule has 1 aliphatic carbocycles. The highest BCUT2D eigenvalue weighted by Gasteiger charge is 2.32. The molecule has 0 aromatic carbocycles. The molecule has 82 valence electrons. The molecule has 1 fully saturated rings. The monoisotopic (exact) mass is 206 g/mol. The number of aromatic nitrogens is 2. The largest absolute Gasteiger partial charge is 0.362 e. The van der Waals surface area contributed by atoms with E-state index < -0.39 is 0 Å². The SMILES string of the molecule is Cc1cnnc(NC2(CN)CCCC2)c1. The molecule has 3 N–H and O–H groups in total. The summed E-state index contributed by atoms with van der Waals surface area (Å²) in [5.41, 5.74) is 7.02. The molecule has 1 saturated carbocycles. The van der Waals surface area contributed by atoms with Crippen LogP contribution in [0.15, 0.2) is 12.3 Å². The van der Waals surface area contributed by atoms with Crippen molar-refractivity contribution in [3.05, 3.63) is 17.8 Å². The third-order valence-corrected chi connectivity index (χ3v) is 3.14. The van der Waals surface area contributed by atoms with Crippen molar-refractivity contribution in [3.8, 4) is 0 Å². The number of anilines is 1. The average Bonchev–Trinajstić information content (AvgIpc) is 2.67. The molecule has 2 rings (SSSR count). The Morgan fingerprint density at radius 2 is 2.20 bits per heavy atom. The summed E-state index contributed by atoms with van der Waals surface area (Å²) in [6, 6.07) is 2.02. The summed E-state index contributed by atoms with van der Waals surface area (Å²) >= 11 is 0. The van der Waals surface area contributed by atoms with Gasteiger partial charge in [0.25, 0.3) is 0 Å². The lowest BCUT2D eigenvalue weighted by molar-refractivity contribution is 0.490. The molecule has 0 unspecified atom stereocenters. The molecule has 4 nitrogen and oxygen atoms in total. The van der Waals surface area contributed by atoms with Gasteiger partial charge in [0.15, 0.2) is 0 Å². The van der Waals surface area contributed by atoms with Gasteiger partial charge in [-0.2, -0.15) is 5.10 Å². The summed E-state index contributed by atoms with van der Waals surface area (Å²) in [5, 5.41) is 11.5. The van der Waals surface area contributed by atoms with Gasteiger partial charge in [0.2, 0.25) is 0 Å². The summed E-state index contributed by atoms with van der Waals surface area (Å²) in [5.74, 6) is 0.849. The maximum absolute atomic E-state index is 5.84. The summed E-state index contributed by atoms with van der Waals surface area (Å²) in [6.07, 6.45) is 6.54. The smallest absolute Gasteiger partial charge is 0.149 e. The van der Waals surface area contributed by atoms with Crippen molar-refractivity contribution >= 4 is 5.82 Å². The first-order valence-electron chi connectivity index (χ1n) is 5.52. The maximum atomic E-state index is 5.84. The summed E-state index contributed by atoms with van der Waals surface area (Å²) in [6.45, 7) is 2.69. The van der Waals surface area contributed by atoms with Crippen molar-refractivity contribution in [2.24, 2.45) is 5.73 Å². The van der Waals surface area contributed by atoms with E-state index in [4.69, 9.17) is 5.73 Å². The van der Waals surface area contributed by atoms with Crippen molar-refractivity contribution in [1.82, 2.24) is 10.2 Å². The number of nitrogens with one attached hydrogen (secondary N) is 1. The van der Waals surface area contributed by atoms with Crippen LogP contribution in [0.5, 0.6) is 0 Å². The Labute approximate surface area is 90.3 Å². The highest BCUT2D eigenvalue weighted by molar-refractivity contribution is 5.39. The van der Waals surface area contributed by atoms with Gasteiger partial charge < -0.3 is 11.1 Å². The van der Waals surface area contributed by atoms with Crippen LogP contribution < -0.4 is 11.1 Å². The Kier molecular flexibility index (Phi) is 2.86. The van der Waals surface area contributed by atoms with E-state index in [1.165, 1.54) is 12.8 Å². The van der Waals surface area contributed by atoms with Crippen LogP contribution in [0.25, 0.3) is 0 Å². The average molecular weight is 206 g/mol. The van der Waals surface area contributed by atoms with Gasteiger partial charge in [-0.25, -0.2) is 0 Å². The van der Waals surface area contributed by atoms with Crippen molar-refractivity contribution in [2.75, 3.05) is 11.9 Å². The molecule has 0 radical (unpaired) electrons. The quantitative estimate of drug-likeness (QED) is 0.786. The molecule has 1 heterocycles. The molecule has 0 saturated heterocycles. The predicted molar refractivity (Wildman–Crippen MR) is 60.6 cm³/mol. The maximum Gasteiger partial charge on any atom is 0.149 e. The topological polar surface area (TPSA) is 63.8 Å². The first kappa shape index (κ1) is 10.4. The van der Waals surface area contributed by atoms with Gasteiger partial charge >= 0.3 is 0 Å². The van der Waals surface area contributed by atoms with Gasteiger partial charge in [-0.15, -0.1) is 5.10 Å². The van der Waals surface area contributed by atoms with Crippen LogP contribution >= 0.6 is 0 Å². The molecule has 0 bridgehead atoms. The van der Waals surface area contributed by atoms with E-state index in [1.807, 2.05) is 13.0 Å². The normalized spacial score (nSPS) is 19.1. The first-order chi connectivity index (χ1) is 7.24. The zero-order chi connectivity index (χ0) is 10.7. The molecule has 0 atom stereocenters. The molecular formula is C11H18N4. The zero-order valence-electron chi connectivity index (χ0n) is 9.16. The lowest BCUT2D eigenvalue weighted by atomic mass is 9.98. The molecule has 0 aliphatic heterocycles. The number of nitrogens with zero attached hydrogens (tertiary/aromatic N) is 2. The van der Waals surface area contributed by atoms with Gasteiger partial charge in [-0.1, -0.05) is 12.8 Å². The lowest BCUT2D eigenvalue weighted by Crippen LogP contribution is -2.43. The second-order valence-electron chi connectivity index (χ2n) is 4.43. The van der Waals surface area contributed by atoms with Crippen LogP contribution in [0.2, 0.25) is 0 Å². The van der Waals surface area contributed by atoms with Crippen LogP contribution in [0.3, 0.4) is 0 Å². The summed E-state index contributed by atoms with van der Waals surface area (Å²) in [7, 11) is 0. The Morgan fingerprint density at radius 3 is 2.80 bits per heavy atom. The third-order valence-electron chi connectivity index (χ3n) is 3.14. The van der Waals surface area contributed by atoms with Crippen LogP contribution in [0.4, 0.5) is 5.82 Å². The van der Waals surface area contributed by atoms with E-state index in [2.05, 4.69) is 15.5 Å². The molecule has 1 aromatic heterocycles. The molecule has 1 aliphatic rings. The second-order valence-corrected chi connectivity index (χ2v) is 4.43. The Hall–Kier alpha value is -1.16. The van der Waals surface area contributed by atoms with E-state index >= 15 is 0 Å². The highest BCUT2D eigenvalue weighted by Crippen LogP contribution is 2.31. The zero-order valence-corrected chi connectivity index (χ0v) is 9.16. The van der Waals surface area contributed by atoms with E-state index in [-0.39, 0.29) is 5.54 Å². The lowest BCUT2D eigenvalue weighted by Gasteiger charge is -2.29. The second kappa shape index (κ2) is 4.14. The van der Waals surface area contributed by atoms with Gasteiger partial charge in [-0.3, -0.25) is 0 Å². The molecule has 0 amide bonds. The molecule has 15 heavy (non-hydrogen) atoms. The number of hydrogen-bond donors (Lipinski definition) is 2. The van der Waals surface area contributed by atoms with Crippen molar-refractivity contribution < 1.29 is 0 Å². The van der Waals surface area contributed by atoms with Gasteiger partial charge in [-0.05, 0) is 31.4 Å². The number of rotatable bonds is 3. The van der Waals surface area contributed by atoms with Gasteiger partial charge in [0.1, 0.15) is 5.82 Å². The Morgan fingerprint density at radius 1 is 1.47 bits per heavy atom. The minimum Gasteiger partial charge on any atom is -0.362 e. The van der Waals surface area contributed by atoms with Crippen LogP contribution in [-0.2, 0) is 0 Å². The number of aryl methyl sites for hydroxylation is 1. The minimum atomic E-state index is 0.0580. The highest BCUT2D eigenvalue weighted by atomic mass is 15.2. The molecule has 0 spiro atoms. The molecule has 1 aromatic rings. The Bertz CT molecular complexity index is 331. The van der Waals surface area contributed by atoms with E-state index in [9.17, 15) is 0 Å². The van der Waals surface area contributed by atoms with Crippen molar-refractivity contribution in [1.29, 1.82) is 0 Å². The number of nitrogens with two attached hydrogens (primary N) is 1. The van der Waals surface area contributed by atoms with Gasteiger partial charge in [0.05, 0.1) is 11.7 Å². The fourth-order valence-electron chi connectivity index (χ4n) is 2.23. The Balaban J connectivity index is 2.12. The fraction of sp³-hybridized carbons (Fsp3) is 0.636. The number of hydrogen-bond acceptors (Lipinski definition) is 4. The van der Waals surface area contributed by atoms with Crippen molar-refractivity contribution in [3.63, 3.8) is 0 Å². The van der Waals surface area contributed by atoms with E-state index in [0.29, 0.717) is 6.54 Å². The van der Waals surface area contributed by atoms with Crippen LogP contribution in [0.1, 0.15) is 31.2 Å². The third kappa shape index (κ3) is 2.26. The van der Waals surface area contributed by atoms with Gasteiger partial charge in [0, 0.05) is 6.54 Å². The fourth-order valence-corrected chi connectivity index (χ4v) is 2.23. The van der Waals surface area contributed by atoms with E-state index in [0.717, 1.165) is 24.2 Å². The predicted octanol–water partition coefficient (Wildman–Crippen LogP) is 1.47. The first-order valence-corrected chi connectivity index (χ1v) is 5.52. The standard InChI is InChI=1S/C11H18N4/c1-9-6-10(15-13-7-9)14-11(8-12)4-2-3-5-11/h6-7H,2-5,8,12H2,1H3,(H,14,15). The van der Waals surface area contributed by atoms with Crippen LogP contribution in [-0.4, -0.2) is 22.3 Å². The molecule has 4 heteroatoms. The van der Waals surface area contributed by atoms with Crippen LogP contribution in [0, 0.1) is 6.92 Å². The minimum absolute atomic E-state index is 0.0580. The van der Waals surface area contributed by atoms with Crippen molar-refractivity contribution in [2.45, 2.75) is 38.1 Å². The molecular weight excluding hydrogens is 188 g/mol.